The topological polar surface area (TPSA) is 60.2 Å². The number of piperidine rings is 1. The number of nitrogens with one attached hydrogen (secondary N) is 1. The summed E-state index contributed by atoms with van der Waals surface area (Å²) in [6, 6.07) is 4.28. The van der Waals surface area contributed by atoms with Crippen molar-refractivity contribution < 1.29 is 24.3 Å². The number of ether oxygens (including phenoxy) is 2. The number of quaternary nitrogens is 1. The number of benzene rings is 1. The number of likely N-dealkylation sites (tertiary alicyclic amines) is 1. The Morgan fingerprint density at radius 2 is 2.08 bits per heavy atom. The molecule has 0 radical (unpaired) electrons. The molecule has 0 aromatic heterocycles. The quantitative estimate of drug-likeness (QED) is 0.834. The number of carbonyl (C=O) groups is 1. The molecule has 3 aliphatic rings. The number of allylic oxidation sites excluding steroid dienone is 1. The number of ketones is 1. The van der Waals surface area contributed by atoms with Gasteiger partial charge in [0.05, 0.1) is 33.9 Å². The van der Waals surface area contributed by atoms with Crippen LogP contribution in [0.1, 0.15) is 24.0 Å². The van der Waals surface area contributed by atoms with Crippen molar-refractivity contribution in [3.05, 3.63) is 35.1 Å². The van der Waals surface area contributed by atoms with Crippen LogP contribution in [-0.2, 0) is 21.4 Å². The fraction of sp³-hybridized carbons (Fsp3) is 0.526. The van der Waals surface area contributed by atoms with E-state index in [4.69, 9.17) is 9.47 Å². The van der Waals surface area contributed by atoms with E-state index >= 15 is 0 Å². The van der Waals surface area contributed by atoms with Crippen molar-refractivity contribution in [1.82, 2.24) is 0 Å². The van der Waals surface area contributed by atoms with Crippen molar-refractivity contribution in [2.24, 2.45) is 5.92 Å². The average Bonchev–Trinajstić information content (AvgIpc) is 2.57. The van der Waals surface area contributed by atoms with E-state index in [-0.39, 0.29) is 22.9 Å². The first kappa shape index (κ1) is 15.5. The van der Waals surface area contributed by atoms with Crippen LogP contribution in [-0.4, -0.2) is 44.7 Å². The van der Waals surface area contributed by atoms with Crippen molar-refractivity contribution in [2.45, 2.75) is 30.7 Å². The number of phenolic OH excluding ortho intramolecular Hbond substituents is 1. The van der Waals surface area contributed by atoms with Crippen molar-refractivity contribution in [3.63, 3.8) is 0 Å². The summed E-state index contributed by atoms with van der Waals surface area (Å²) in [5.74, 6) is 1.40. The van der Waals surface area contributed by atoms with Gasteiger partial charge >= 0.3 is 0 Å². The average molecular weight is 330 g/mol. The molecule has 2 bridgehead atoms. The van der Waals surface area contributed by atoms with E-state index in [0.717, 1.165) is 30.5 Å². The molecule has 1 aliphatic heterocycles. The maximum absolute atomic E-state index is 12.6. The Balaban J connectivity index is 1.97. The summed E-state index contributed by atoms with van der Waals surface area (Å²) in [6.07, 6.45) is 4.19. The van der Waals surface area contributed by atoms with E-state index in [0.29, 0.717) is 24.0 Å². The summed E-state index contributed by atoms with van der Waals surface area (Å²) < 4.78 is 10.7. The second kappa shape index (κ2) is 5.24. The summed E-state index contributed by atoms with van der Waals surface area (Å²) in [4.78, 5) is 14.1. The molecule has 128 valence electrons. The van der Waals surface area contributed by atoms with E-state index in [2.05, 4.69) is 13.1 Å². The number of hydrogen-bond donors (Lipinski definition) is 2. The van der Waals surface area contributed by atoms with Crippen LogP contribution in [0.15, 0.2) is 24.0 Å². The molecule has 4 unspecified atom stereocenters. The third-order valence-electron chi connectivity index (χ3n) is 6.36. The highest BCUT2D eigenvalue weighted by Gasteiger charge is 2.58. The number of hydrogen-bond acceptors (Lipinski definition) is 4. The predicted molar refractivity (Wildman–Crippen MR) is 88.4 cm³/mol. The largest absolute Gasteiger partial charge is 0.504 e. The van der Waals surface area contributed by atoms with Gasteiger partial charge in [0, 0.05) is 36.2 Å². The van der Waals surface area contributed by atoms with Gasteiger partial charge in [-0.1, -0.05) is 6.07 Å². The number of Topliss-reactive ketones (excluding diaryl/α,β-unsaturated/α-hetero) is 1. The number of likely N-dealkylation sites (N-methyl/N-ethyl adjacent to an activating group) is 1. The molecule has 24 heavy (non-hydrogen) atoms. The Bertz CT molecular complexity index is 741. The van der Waals surface area contributed by atoms with Crippen LogP contribution in [0.2, 0.25) is 0 Å². The molecule has 0 spiro atoms. The summed E-state index contributed by atoms with van der Waals surface area (Å²) >= 11 is 0. The Labute approximate surface area is 141 Å². The zero-order valence-corrected chi connectivity index (χ0v) is 14.4. The summed E-state index contributed by atoms with van der Waals surface area (Å²) in [5.41, 5.74) is 1.74. The van der Waals surface area contributed by atoms with Gasteiger partial charge in [0.1, 0.15) is 0 Å². The molecule has 1 heterocycles. The van der Waals surface area contributed by atoms with Crippen molar-refractivity contribution in [1.29, 1.82) is 0 Å². The van der Waals surface area contributed by atoms with Gasteiger partial charge in [0.2, 0.25) is 0 Å². The molecule has 1 fully saturated rings. The third-order valence-corrected chi connectivity index (χ3v) is 6.36. The monoisotopic (exact) mass is 330 g/mol. The fourth-order valence-electron chi connectivity index (χ4n) is 5.18. The maximum Gasteiger partial charge on any atom is 0.197 e. The lowest BCUT2D eigenvalue weighted by Crippen LogP contribution is -3.16. The first-order chi connectivity index (χ1) is 11.5. The molecular weight excluding hydrogens is 306 g/mol. The van der Waals surface area contributed by atoms with E-state index < -0.39 is 0 Å². The first-order valence-electron chi connectivity index (χ1n) is 8.52. The second-order valence-corrected chi connectivity index (χ2v) is 7.32. The lowest BCUT2D eigenvalue weighted by atomic mass is 9.53. The molecule has 0 amide bonds. The first-order valence-corrected chi connectivity index (χ1v) is 8.52. The van der Waals surface area contributed by atoms with Crippen molar-refractivity contribution >= 4 is 5.78 Å². The van der Waals surface area contributed by atoms with E-state index in [1.54, 1.807) is 14.2 Å². The number of fused-ring (bicyclic) bond motifs is 1. The molecule has 5 heteroatoms. The van der Waals surface area contributed by atoms with Gasteiger partial charge in [-0.25, -0.2) is 0 Å². The zero-order valence-electron chi connectivity index (χ0n) is 14.4. The van der Waals surface area contributed by atoms with Gasteiger partial charge < -0.3 is 19.5 Å². The molecule has 4 atom stereocenters. The number of methoxy groups -OCH3 is 2. The molecule has 0 saturated carbocycles. The van der Waals surface area contributed by atoms with E-state index in [1.165, 1.54) is 4.90 Å². The van der Waals surface area contributed by atoms with Crippen LogP contribution in [0.4, 0.5) is 0 Å². The minimum absolute atomic E-state index is 0.0297. The Hall–Kier alpha value is -2.01. The highest BCUT2D eigenvalue weighted by molar-refractivity contribution is 5.96. The highest BCUT2D eigenvalue weighted by Crippen LogP contribution is 2.55. The highest BCUT2D eigenvalue weighted by atomic mass is 16.5. The van der Waals surface area contributed by atoms with Gasteiger partial charge in [-0.05, 0) is 17.7 Å². The Morgan fingerprint density at radius 1 is 1.29 bits per heavy atom. The van der Waals surface area contributed by atoms with Gasteiger partial charge in [-0.15, -0.1) is 0 Å². The van der Waals surface area contributed by atoms with Crippen LogP contribution in [0.5, 0.6) is 11.5 Å². The number of rotatable bonds is 2. The van der Waals surface area contributed by atoms with E-state index in [9.17, 15) is 9.90 Å². The predicted octanol–water partition coefficient (Wildman–Crippen LogP) is 0.601. The standard InChI is InChI=1S/C19H23NO4/c1-20-7-6-19-10-14(21)16(24-3)9-12(19)13(20)8-11-4-5-15(23-2)18(22)17(11)19/h4-5,9,12-13,22H,6-8,10H2,1-3H3/p+1. The minimum atomic E-state index is -0.338. The zero-order chi connectivity index (χ0) is 17.1. The molecule has 1 aromatic rings. The van der Waals surface area contributed by atoms with Crippen LogP contribution >= 0.6 is 0 Å². The van der Waals surface area contributed by atoms with Gasteiger partial charge in [0.15, 0.2) is 23.0 Å². The normalized spacial score (nSPS) is 34.0. The van der Waals surface area contributed by atoms with Crippen LogP contribution in [0, 0.1) is 5.92 Å². The summed E-state index contributed by atoms with van der Waals surface area (Å²) in [5, 5.41) is 10.9. The molecular formula is C19H24NO4+. The maximum atomic E-state index is 12.6. The summed E-state index contributed by atoms with van der Waals surface area (Å²) in [7, 11) is 5.35. The number of phenols is 1. The summed E-state index contributed by atoms with van der Waals surface area (Å²) in [6.45, 7) is 1.00. The molecule has 1 saturated heterocycles. The second-order valence-electron chi connectivity index (χ2n) is 7.32. The third kappa shape index (κ3) is 1.88. The minimum Gasteiger partial charge on any atom is -0.504 e. The lowest BCUT2D eigenvalue weighted by Gasteiger charge is -2.54. The van der Waals surface area contributed by atoms with E-state index in [1.807, 2.05) is 12.1 Å². The van der Waals surface area contributed by atoms with Crippen LogP contribution < -0.4 is 9.64 Å². The molecule has 2 aliphatic carbocycles. The molecule has 1 aromatic carbocycles. The van der Waals surface area contributed by atoms with Gasteiger partial charge in [-0.2, -0.15) is 0 Å². The molecule has 5 nitrogen and oxygen atoms in total. The Kier molecular flexibility index (Phi) is 3.39. The van der Waals surface area contributed by atoms with Crippen LogP contribution in [0.25, 0.3) is 0 Å². The SMILES string of the molecule is COC1=CC2C3Cc4ccc(OC)c(O)c4C2(CC[NH+]3C)CC1=O. The molecule has 2 N–H and O–H groups in total. The number of carbonyl (C=O) groups excluding carboxylic acids is 1. The number of aromatic hydroxyl groups is 1. The smallest absolute Gasteiger partial charge is 0.197 e. The van der Waals surface area contributed by atoms with Crippen molar-refractivity contribution in [3.8, 4) is 11.5 Å². The molecule has 4 rings (SSSR count). The fourth-order valence-corrected chi connectivity index (χ4v) is 5.18. The lowest BCUT2D eigenvalue weighted by molar-refractivity contribution is -0.917. The van der Waals surface area contributed by atoms with Gasteiger partial charge in [0.25, 0.3) is 0 Å². The van der Waals surface area contributed by atoms with Gasteiger partial charge in [-0.3, -0.25) is 4.79 Å². The van der Waals surface area contributed by atoms with Crippen LogP contribution in [0.3, 0.4) is 0 Å². The Morgan fingerprint density at radius 3 is 2.79 bits per heavy atom. The van der Waals surface area contributed by atoms with Crippen molar-refractivity contribution in [2.75, 3.05) is 27.8 Å².